The minimum absolute atomic E-state index is 0.633. The largest absolute Gasteiger partial charge is 0.328 e. The topological polar surface area (TPSA) is 88.9 Å². The molecule has 1 aromatic heterocycles. The van der Waals surface area contributed by atoms with Gasteiger partial charge in [0.15, 0.2) is 0 Å². The van der Waals surface area contributed by atoms with Gasteiger partial charge in [0.05, 0.1) is 0 Å². The molecule has 0 fully saturated rings. The molecule has 0 unspecified atom stereocenters. The van der Waals surface area contributed by atoms with E-state index in [1.54, 1.807) is 12.1 Å². The molecule has 0 aliphatic carbocycles. The number of anilines is 1. The standard InChI is InChI=1S/C12H13N5O2/c1-2-9-5-3-4-6-10(9)15-11(18)12(19)16-17-7-13-14-8-17/h3-8H,2H2,1H3,(H,15,18)(H,16,19). The molecule has 0 aliphatic heterocycles. The Balaban J connectivity index is 2.02. The fourth-order valence-corrected chi connectivity index (χ4v) is 1.56. The van der Waals surface area contributed by atoms with E-state index in [9.17, 15) is 9.59 Å². The molecule has 7 nitrogen and oxygen atoms in total. The van der Waals surface area contributed by atoms with Gasteiger partial charge in [-0.05, 0) is 18.1 Å². The van der Waals surface area contributed by atoms with Crippen molar-refractivity contribution < 1.29 is 9.59 Å². The second-order valence-corrected chi connectivity index (χ2v) is 3.77. The van der Waals surface area contributed by atoms with Crippen LogP contribution in [0, 0.1) is 0 Å². The van der Waals surface area contributed by atoms with Crippen LogP contribution in [-0.4, -0.2) is 26.7 Å². The number of para-hydroxylation sites is 1. The number of nitrogens with zero attached hydrogens (tertiary/aromatic N) is 3. The molecule has 98 valence electrons. The summed E-state index contributed by atoms with van der Waals surface area (Å²) < 4.78 is 1.20. The highest BCUT2D eigenvalue weighted by molar-refractivity contribution is 6.42. The fourth-order valence-electron chi connectivity index (χ4n) is 1.56. The van der Waals surface area contributed by atoms with Crippen LogP contribution in [-0.2, 0) is 16.0 Å². The van der Waals surface area contributed by atoms with Gasteiger partial charge in [0, 0.05) is 5.69 Å². The number of benzene rings is 1. The summed E-state index contributed by atoms with van der Waals surface area (Å²) in [6, 6.07) is 7.33. The molecular weight excluding hydrogens is 246 g/mol. The average molecular weight is 259 g/mol. The van der Waals surface area contributed by atoms with Crippen LogP contribution in [0.3, 0.4) is 0 Å². The van der Waals surface area contributed by atoms with E-state index < -0.39 is 11.8 Å². The van der Waals surface area contributed by atoms with Crippen LogP contribution in [0.5, 0.6) is 0 Å². The Morgan fingerprint density at radius 1 is 1.16 bits per heavy atom. The molecule has 0 saturated carbocycles. The lowest BCUT2D eigenvalue weighted by Gasteiger charge is -2.09. The van der Waals surface area contributed by atoms with Crippen LogP contribution in [0.2, 0.25) is 0 Å². The second kappa shape index (κ2) is 5.76. The molecule has 1 aromatic carbocycles. The van der Waals surface area contributed by atoms with Crippen LogP contribution in [0.25, 0.3) is 0 Å². The zero-order valence-corrected chi connectivity index (χ0v) is 10.3. The number of rotatable bonds is 3. The third-order valence-electron chi connectivity index (χ3n) is 2.50. The number of hydrogen-bond donors (Lipinski definition) is 2. The van der Waals surface area contributed by atoms with E-state index in [2.05, 4.69) is 20.9 Å². The van der Waals surface area contributed by atoms with Gasteiger partial charge in [-0.1, -0.05) is 25.1 Å². The molecular formula is C12H13N5O2. The Morgan fingerprint density at radius 3 is 2.53 bits per heavy atom. The molecule has 0 saturated heterocycles. The summed E-state index contributed by atoms with van der Waals surface area (Å²) in [6.45, 7) is 1.97. The Hall–Kier alpha value is -2.70. The summed E-state index contributed by atoms with van der Waals surface area (Å²) >= 11 is 0. The molecule has 19 heavy (non-hydrogen) atoms. The van der Waals surface area contributed by atoms with Crippen LogP contribution < -0.4 is 10.7 Å². The summed E-state index contributed by atoms with van der Waals surface area (Å²) in [5.74, 6) is -1.53. The van der Waals surface area contributed by atoms with Crippen molar-refractivity contribution in [2.24, 2.45) is 0 Å². The quantitative estimate of drug-likeness (QED) is 0.788. The zero-order chi connectivity index (χ0) is 13.7. The zero-order valence-electron chi connectivity index (χ0n) is 10.3. The van der Waals surface area contributed by atoms with Crippen molar-refractivity contribution in [3.8, 4) is 0 Å². The van der Waals surface area contributed by atoms with E-state index in [1.165, 1.54) is 17.3 Å². The highest BCUT2D eigenvalue weighted by Gasteiger charge is 2.15. The Labute approximate surface area is 109 Å². The maximum absolute atomic E-state index is 11.7. The summed E-state index contributed by atoms with van der Waals surface area (Å²) in [4.78, 5) is 23.3. The predicted octanol–water partition coefficient (Wildman–Crippen LogP) is 0.549. The number of hydrogen-bond acceptors (Lipinski definition) is 4. The lowest BCUT2D eigenvalue weighted by molar-refractivity contribution is -0.133. The summed E-state index contributed by atoms with van der Waals surface area (Å²) in [7, 11) is 0. The number of amides is 2. The smallest absolute Gasteiger partial charge is 0.317 e. The van der Waals surface area contributed by atoms with Crippen LogP contribution in [0.15, 0.2) is 36.9 Å². The summed E-state index contributed by atoms with van der Waals surface area (Å²) in [5, 5.41) is 9.59. The molecule has 0 atom stereocenters. The first-order valence-electron chi connectivity index (χ1n) is 5.75. The molecule has 1 heterocycles. The average Bonchev–Trinajstić information content (AvgIpc) is 2.92. The maximum atomic E-state index is 11.7. The van der Waals surface area contributed by atoms with Gasteiger partial charge in [-0.15, -0.1) is 10.2 Å². The fraction of sp³-hybridized carbons (Fsp3) is 0.167. The number of aromatic nitrogens is 3. The van der Waals surface area contributed by atoms with Crippen LogP contribution in [0.1, 0.15) is 12.5 Å². The molecule has 2 rings (SSSR count). The maximum Gasteiger partial charge on any atom is 0.328 e. The van der Waals surface area contributed by atoms with E-state index in [0.717, 1.165) is 12.0 Å². The number of carbonyl (C=O) groups is 2. The van der Waals surface area contributed by atoms with E-state index in [-0.39, 0.29) is 0 Å². The molecule has 0 spiro atoms. The van der Waals surface area contributed by atoms with Gasteiger partial charge in [0.2, 0.25) is 0 Å². The lowest BCUT2D eigenvalue weighted by Crippen LogP contribution is -2.33. The van der Waals surface area contributed by atoms with Gasteiger partial charge in [0.25, 0.3) is 0 Å². The number of aryl methyl sites for hydroxylation is 1. The summed E-state index contributed by atoms with van der Waals surface area (Å²) in [5.41, 5.74) is 3.92. The van der Waals surface area contributed by atoms with Crippen molar-refractivity contribution in [1.29, 1.82) is 0 Å². The van der Waals surface area contributed by atoms with Crippen LogP contribution >= 0.6 is 0 Å². The lowest BCUT2D eigenvalue weighted by atomic mass is 10.1. The van der Waals surface area contributed by atoms with Crippen molar-refractivity contribution >= 4 is 17.5 Å². The van der Waals surface area contributed by atoms with Crippen molar-refractivity contribution in [1.82, 2.24) is 14.9 Å². The molecule has 0 radical (unpaired) electrons. The van der Waals surface area contributed by atoms with Gasteiger partial charge in [-0.25, -0.2) is 4.68 Å². The predicted molar refractivity (Wildman–Crippen MR) is 68.8 cm³/mol. The Morgan fingerprint density at radius 2 is 1.84 bits per heavy atom. The highest BCUT2D eigenvalue weighted by atomic mass is 16.2. The first kappa shape index (κ1) is 12.7. The van der Waals surface area contributed by atoms with Crippen molar-refractivity contribution in [3.63, 3.8) is 0 Å². The second-order valence-electron chi connectivity index (χ2n) is 3.77. The molecule has 2 aromatic rings. The first-order valence-corrected chi connectivity index (χ1v) is 5.75. The normalized spacial score (nSPS) is 9.95. The number of carbonyl (C=O) groups excluding carboxylic acids is 2. The van der Waals surface area contributed by atoms with Gasteiger partial charge >= 0.3 is 11.8 Å². The molecule has 7 heteroatoms. The molecule has 2 N–H and O–H groups in total. The van der Waals surface area contributed by atoms with Gasteiger partial charge in [-0.3, -0.25) is 15.0 Å². The van der Waals surface area contributed by atoms with E-state index in [0.29, 0.717) is 5.69 Å². The molecule has 0 aliphatic rings. The third kappa shape index (κ3) is 3.15. The van der Waals surface area contributed by atoms with Gasteiger partial charge < -0.3 is 5.32 Å². The highest BCUT2D eigenvalue weighted by Crippen LogP contribution is 2.15. The van der Waals surface area contributed by atoms with Crippen LogP contribution in [0.4, 0.5) is 5.69 Å². The third-order valence-corrected chi connectivity index (χ3v) is 2.50. The van der Waals surface area contributed by atoms with Crippen molar-refractivity contribution in [2.75, 3.05) is 10.7 Å². The van der Waals surface area contributed by atoms with E-state index in [4.69, 9.17) is 0 Å². The van der Waals surface area contributed by atoms with Crippen molar-refractivity contribution in [2.45, 2.75) is 13.3 Å². The van der Waals surface area contributed by atoms with E-state index >= 15 is 0 Å². The number of nitrogens with one attached hydrogen (secondary N) is 2. The summed E-state index contributed by atoms with van der Waals surface area (Å²) in [6.07, 6.45) is 3.33. The monoisotopic (exact) mass is 259 g/mol. The minimum atomic E-state index is -0.786. The SMILES string of the molecule is CCc1ccccc1NC(=O)C(=O)Nn1cnnc1. The Kier molecular flexibility index (Phi) is 3.87. The molecule has 0 bridgehead atoms. The van der Waals surface area contributed by atoms with Gasteiger partial charge in [-0.2, -0.15) is 0 Å². The Bertz CT molecular complexity index is 580. The minimum Gasteiger partial charge on any atom is -0.317 e. The van der Waals surface area contributed by atoms with E-state index in [1.807, 2.05) is 19.1 Å². The molecule has 2 amide bonds. The first-order chi connectivity index (χ1) is 9.20. The van der Waals surface area contributed by atoms with Gasteiger partial charge in [0.1, 0.15) is 12.7 Å². The van der Waals surface area contributed by atoms with Crippen molar-refractivity contribution in [3.05, 3.63) is 42.5 Å².